The minimum absolute atomic E-state index is 0.0435. The maximum atomic E-state index is 13.2. The van der Waals surface area contributed by atoms with E-state index in [-0.39, 0.29) is 23.9 Å². The molecule has 2 N–H and O–H groups in total. The summed E-state index contributed by atoms with van der Waals surface area (Å²) in [5.41, 5.74) is 2.31. The molecule has 0 aliphatic rings. The number of urea groups is 1. The normalized spacial score (nSPS) is 12.1. The van der Waals surface area contributed by atoms with Gasteiger partial charge in [0.15, 0.2) is 9.84 Å². The number of fused-ring (bicyclic) bond motifs is 1. The number of aromatic nitrogens is 1. The van der Waals surface area contributed by atoms with Gasteiger partial charge in [0.25, 0.3) is 0 Å². The van der Waals surface area contributed by atoms with Gasteiger partial charge >= 0.3 is 6.03 Å². The van der Waals surface area contributed by atoms with Crippen molar-refractivity contribution in [2.45, 2.75) is 44.7 Å². The average molecular weight is 428 g/mol. The Morgan fingerprint density at radius 1 is 1.00 bits per heavy atom. The first-order valence-corrected chi connectivity index (χ1v) is 11.6. The summed E-state index contributed by atoms with van der Waals surface area (Å²) in [7, 11) is -3.59. The fourth-order valence-electron chi connectivity index (χ4n) is 3.55. The number of hydrogen-bond acceptors (Lipinski definition) is 3. The number of carbonyl (C=O) groups excluding carboxylic acids is 1. The van der Waals surface area contributed by atoms with Crippen LogP contribution in [0.15, 0.2) is 59.5 Å². The highest BCUT2D eigenvalue weighted by molar-refractivity contribution is 7.91. The van der Waals surface area contributed by atoms with Gasteiger partial charge in [-0.05, 0) is 39.3 Å². The van der Waals surface area contributed by atoms with Gasteiger partial charge in [-0.3, -0.25) is 0 Å². The van der Waals surface area contributed by atoms with Gasteiger partial charge in [0.05, 0.1) is 10.6 Å². The van der Waals surface area contributed by atoms with Crippen LogP contribution in [-0.4, -0.2) is 36.9 Å². The van der Waals surface area contributed by atoms with Crippen LogP contribution in [0.4, 0.5) is 4.79 Å². The lowest BCUT2D eigenvalue weighted by molar-refractivity contribution is 0.232. The number of para-hydroxylation sites is 1. The maximum absolute atomic E-state index is 13.2. The van der Waals surface area contributed by atoms with Crippen LogP contribution in [0, 0.1) is 6.92 Å². The second-order valence-corrected chi connectivity index (χ2v) is 10.5. The molecule has 0 bridgehead atoms. The summed E-state index contributed by atoms with van der Waals surface area (Å²) in [6.45, 7) is 8.09. The van der Waals surface area contributed by atoms with E-state index >= 15 is 0 Å². The minimum atomic E-state index is -3.59. The zero-order valence-electron chi connectivity index (χ0n) is 17.9. The van der Waals surface area contributed by atoms with Crippen LogP contribution in [0.5, 0.6) is 0 Å². The van der Waals surface area contributed by atoms with Gasteiger partial charge in [-0.15, -0.1) is 0 Å². The Morgan fingerprint density at radius 2 is 1.63 bits per heavy atom. The van der Waals surface area contributed by atoms with Crippen LogP contribution in [0.25, 0.3) is 10.9 Å². The van der Waals surface area contributed by atoms with Crippen molar-refractivity contribution in [3.63, 3.8) is 0 Å². The summed E-state index contributed by atoms with van der Waals surface area (Å²) >= 11 is 0. The number of hydrogen-bond donors (Lipinski definition) is 2. The fourth-order valence-corrected chi connectivity index (χ4v) is 5.19. The molecule has 0 aliphatic carbocycles. The van der Waals surface area contributed by atoms with E-state index in [1.165, 1.54) is 0 Å². The summed E-state index contributed by atoms with van der Waals surface area (Å²) in [5, 5.41) is 6.12. The molecule has 0 saturated heterocycles. The van der Waals surface area contributed by atoms with Crippen molar-refractivity contribution in [2.75, 3.05) is 12.3 Å². The van der Waals surface area contributed by atoms with E-state index in [0.29, 0.717) is 22.5 Å². The zero-order chi connectivity index (χ0) is 21.9. The van der Waals surface area contributed by atoms with Gasteiger partial charge in [-0.2, -0.15) is 0 Å². The van der Waals surface area contributed by atoms with E-state index in [1.807, 2.05) is 86.9 Å². The molecule has 0 fully saturated rings. The second kappa shape index (κ2) is 8.52. The highest BCUT2D eigenvalue weighted by atomic mass is 32.2. The summed E-state index contributed by atoms with van der Waals surface area (Å²) in [4.78, 5) is 12.3. The van der Waals surface area contributed by atoms with E-state index in [9.17, 15) is 13.2 Å². The lowest BCUT2D eigenvalue weighted by atomic mass is 10.1. The molecule has 0 radical (unpaired) electrons. The topological polar surface area (TPSA) is 80.2 Å². The van der Waals surface area contributed by atoms with Crippen molar-refractivity contribution in [2.24, 2.45) is 0 Å². The van der Waals surface area contributed by atoms with Crippen molar-refractivity contribution < 1.29 is 13.2 Å². The molecule has 1 aromatic heterocycles. The number of nitrogens with zero attached hydrogens (tertiary/aromatic N) is 1. The van der Waals surface area contributed by atoms with Crippen LogP contribution in [0.3, 0.4) is 0 Å². The van der Waals surface area contributed by atoms with E-state index in [4.69, 9.17) is 0 Å². The first-order chi connectivity index (χ1) is 14.1. The molecule has 0 saturated carbocycles. The molecule has 0 atom stereocenters. The number of rotatable bonds is 6. The number of benzene rings is 2. The monoisotopic (exact) mass is 427 g/mol. The molecule has 30 heavy (non-hydrogen) atoms. The molecular weight excluding hydrogens is 398 g/mol. The Balaban J connectivity index is 1.88. The van der Waals surface area contributed by atoms with E-state index in [0.717, 1.165) is 11.1 Å². The van der Waals surface area contributed by atoms with Gasteiger partial charge in [0, 0.05) is 35.2 Å². The molecule has 0 spiro atoms. The van der Waals surface area contributed by atoms with Crippen molar-refractivity contribution in [1.82, 2.24) is 15.2 Å². The van der Waals surface area contributed by atoms with Crippen LogP contribution in [-0.2, 0) is 16.4 Å². The zero-order valence-corrected chi connectivity index (χ0v) is 18.7. The van der Waals surface area contributed by atoms with Gasteiger partial charge in [0.1, 0.15) is 0 Å². The molecule has 1 heterocycles. The number of amides is 2. The predicted molar refractivity (Wildman–Crippen MR) is 121 cm³/mol. The summed E-state index contributed by atoms with van der Waals surface area (Å²) in [5.74, 6) is -0.162. The smallest absolute Gasteiger partial charge is 0.315 e. The lowest BCUT2D eigenvalue weighted by Gasteiger charge is -2.20. The van der Waals surface area contributed by atoms with Gasteiger partial charge in [-0.25, -0.2) is 13.2 Å². The molecule has 7 heteroatoms. The van der Waals surface area contributed by atoms with Crippen molar-refractivity contribution in [3.05, 3.63) is 65.9 Å². The third kappa shape index (κ3) is 5.02. The van der Waals surface area contributed by atoms with Crippen LogP contribution in [0.2, 0.25) is 0 Å². The first kappa shape index (κ1) is 21.9. The predicted octanol–water partition coefficient (Wildman–Crippen LogP) is 3.87. The molecule has 0 unspecified atom stereocenters. The molecule has 3 rings (SSSR count). The number of carbonyl (C=O) groups is 1. The van der Waals surface area contributed by atoms with E-state index in [1.54, 1.807) is 0 Å². The highest BCUT2D eigenvalue weighted by Gasteiger charge is 2.25. The Morgan fingerprint density at radius 3 is 2.30 bits per heavy atom. The van der Waals surface area contributed by atoms with Crippen LogP contribution < -0.4 is 10.6 Å². The molecular formula is C23H29N3O3S. The van der Waals surface area contributed by atoms with Gasteiger partial charge < -0.3 is 15.2 Å². The molecule has 3 aromatic rings. The third-order valence-corrected chi connectivity index (χ3v) is 6.69. The summed E-state index contributed by atoms with van der Waals surface area (Å²) in [6, 6.07) is 17.1. The van der Waals surface area contributed by atoms with Crippen molar-refractivity contribution >= 4 is 26.8 Å². The number of sulfone groups is 1. The Labute approximate surface area is 178 Å². The maximum Gasteiger partial charge on any atom is 0.315 e. The fraction of sp³-hybridized carbons (Fsp3) is 0.348. The Bertz CT molecular complexity index is 1140. The molecule has 2 aromatic carbocycles. The molecule has 6 nitrogen and oxygen atoms in total. The van der Waals surface area contributed by atoms with Crippen molar-refractivity contribution in [3.8, 4) is 0 Å². The van der Waals surface area contributed by atoms with Crippen LogP contribution in [0.1, 0.15) is 32.0 Å². The van der Waals surface area contributed by atoms with E-state index < -0.39 is 9.84 Å². The van der Waals surface area contributed by atoms with E-state index in [2.05, 4.69) is 10.6 Å². The molecule has 160 valence electrons. The minimum Gasteiger partial charge on any atom is -0.339 e. The average Bonchev–Trinajstić information content (AvgIpc) is 2.93. The van der Waals surface area contributed by atoms with Crippen molar-refractivity contribution in [1.29, 1.82) is 0 Å². The van der Waals surface area contributed by atoms with Crippen LogP contribution >= 0.6 is 0 Å². The third-order valence-electron chi connectivity index (χ3n) is 4.81. The molecule has 0 aliphatic heterocycles. The largest absolute Gasteiger partial charge is 0.339 e. The Hall–Kier alpha value is -2.80. The summed E-state index contributed by atoms with van der Waals surface area (Å²) < 4.78 is 28.5. The summed E-state index contributed by atoms with van der Waals surface area (Å²) in [6.07, 6.45) is 0. The number of nitrogens with one attached hydrogen (secondary N) is 2. The van der Waals surface area contributed by atoms with Gasteiger partial charge in [-0.1, -0.05) is 48.5 Å². The highest BCUT2D eigenvalue weighted by Crippen LogP contribution is 2.31. The first-order valence-electron chi connectivity index (χ1n) is 9.99. The standard InChI is InChI=1S/C23H29N3O3S/c1-17-21(30(28,29)15-14-24-22(27)25-23(2,3)4)19-12-8-9-13-20(19)26(17)16-18-10-6-5-7-11-18/h5-13H,14-16H2,1-4H3,(H2,24,25,27). The quantitative estimate of drug-likeness (QED) is 0.627. The Kier molecular flexibility index (Phi) is 6.22. The van der Waals surface area contributed by atoms with Gasteiger partial charge in [0.2, 0.25) is 0 Å². The molecule has 2 amide bonds. The SMILES string of the molecule is Cc1c(S(=O)(=O)CCNC(=O)NC(C)(C)C)c2ccccc2n1Cc1ccccc1. The second-order valence-electron chi connectivity index (χ2n) is 8.45. The lowest BCUT2D eigenvalue weighted by Crippen LogP contribution is -2.47.